The number of ether oxygens (including phenoxy) is 3. The summed E-state index contributed by atoms with van der Waals surface area (Å²) in [5, 5.41) is 2.99. The molecule has 2 aromatic carbocycles. The van der Waals surface area contributed by atoms with Crippen molar-refractivity contribution >= 4 is 0 Å². The van der Waals surface area contributed by atoms with Crippen molar-refractivity contribution < 1.29 is 18.6 Å². The summed E-state index contributed by atoms with van der Waals surface area (Å²) in [4.78, 5) is 0. The second-order valence-corrected chi connectivity index (χ2v) is 4.43. The highest BCUT2D eigenvalue weighted by Crippen LogP contribution is 2.32. The Morgan fingerprint density at radius 2 is 1.57 bits per heavy atom. The van der Waals surface area contributed by atoms with Crippen LogP contribution in [-0.4, -0.2) is 21.3 Å². The normalized spacial score (nSPS) is 10.3. The molecular weight excluding hydrogens is 273 g/mol. The molecule has 0 bridgehead atoms. The van der Waals surface area contributed by atoms with Crippen molar-refractivity contribution in [2.45, 2.75) is 6.54 Å². The molecular formula is C16H18FNO3. The van der Waals surface area contributed by atoms with E-state index in [1.54, 1.807) is 45.5 Å². The molecule has 0 spiro atoms. The molecule has 21 heavy (non-hydrogen) atoms. The van der Waals surface area contributed by atoms with Gasteiger partial charge in [-0.05, 0) is 25.2 Å². The summed E-state index contributed by atoms with van der Waals surface area (Å²) in [7, 11) is 4.94. The van der Waals surface area contributed by atoms with Gasteiger partial charge in [-0.3, -0.25) is 0 Å². The first-order chi connectivity index (χ1) is 10.2. The highest BCUT2D eigenvalue weighted by molar-refractivity contribution is 5.45. The monoisotopic (exact) mass is 291 g/mol. The molecule has 0 aromatic heterocycles. The maximum Gasteiger partial charge on any atom is 0.134 e. The van der Waals surface area contributed by atoms with Crippen molar-refractivity contribution in [3.63, 3.8) is 0 Å². The standard InChI is InChI=1S/C16H18FNO3/c1-18-10-11-6-12(17)4-5-16(11)21-15-8-13(19-2)7-14(9-15)20-3/h4-9,18H,10H2,1-3H3. The molecule has 0 radical (unpaired) electrons. The molecule has 1 N–H and O–H groups in total. The number of methoxy groups -OCH3 is 2. The first-order valence-corrected chi connectivity index (χ1v) is 6.50. The molecule has 0 aliphatic rings. The smallest absolute Gasteiger partial charge is 0.134 e. The van der Waals surface area contributed by atoms with Crippen LogP contribution >= 0.6 is 0 Å². The lowest BCUT2D eigenvalue weighted by Gasteiger charge is -2.13. The molecule has 2 aromatic rings. The maximum atomic E-state index is 13.3. The topological polar surface area (TPSA) is 39.7 Å². The van der Waals surface area contributed by atoms with Gasteiger partial charge < -0.3 is 19.5 Å². The second kappa shape index (κ2) is 6.95. The van der Waals surface area contributed by atoms with Crippen LogP contribution in [0.25, 0.3) is 0 Å². The Hall–Kier alpha value is -2.27. The lowest BCUT2D eigenvalue weighted by Crippen LogP contribution is -2.06. The minimum atomic E-state index is -0.296. The third-order valence-electron chi connectivity index (χ3n) is 2.94. The number of halogens is 1. The zero-order valence-corrected chi connectivity index (χ0v) is 12.3. The molecule has 0 aliphatic heterocycles. The minimum Gasteiger partial charge on any atom is -0.496 e. The fourth-order valence-electron chi connectivity index (χ4n) is 1.94. The van der Waals surface area contributed by atoms with Gasteiger partial charge in [0.25, 0.3) is 0 Å². The van der Waals surface area contributed by atoms with Gasteiger partial charge in [0, 0.05) is 30.3 Å². The van der Waals surface area contributed by atoms with Gasteiger partial charge in [0.1, 0.15) is 28.8 Å². The maximum absolute atomic E-state index is 13.3. The van der Waals surface area contributed by atoms with Gasteiger partial charge in [0.15, 0.2) is 0 Å². The molecule has 5 heteroatoms. The van der Waals surface area contributed by atoms with E-state index in [4.69, 9.17) is 14.2 Å². The van der Waals surface area contributed by atoms with Crippen molar-refractivity contribution in [3.8, 4) is 23.0 Å². The Morgan fingerprint density at radius 3 is 2.14 bits per heavy atom. The molecule has 0 saturated heterocycles. The highest BCUT2D eigenvalue weighted by Gasteiger charge is 2.09. The average molecular weight is 291 g/mol. The SMILES string of the molecule is CNCc1cc(F)ccc1Oc1cc(OC)cc(OC)c1. The quantitative estimate of drug-likeness (QED) is 0.886. The van der Waals surface area contributed by atoms with Gasteiger partial charge in [0.2, 0.25) is 0 Å². The molecule has 0 saturated carbocycles. The molecule has 4 nitrogen and oxygen atoms in total. The van der Waals surface area contributed by atoms with Crippen molar-refractivity contribution in [1.29, 1.82) is 0 Å². The van der Waals surface area contributed by atoms with E-state index in [1.165, 1.54) is 12.1 Å². The van der Waals surface area contributed by atoms with E-state index in [-0.39, 0.29) is 5.82 Å². The molecule has 0 aliphatic carbocycles. The van der Waals surface area contributed by atoms with Crippen LogP contribution in [0.4, 0.5) is 4.39 Å². The van der Waals surface area contributed by atoms with Gasteiger partial charge in [-0.1, -0.05) is 0 Å². The first-order valence-electron chi connectivity index (χ1n) is 6.50. The predicted molar refractivity (Wildman–Crippen MR) is 78.8 cm³/mol. The van der Waals surface area contributed by atoms with Crippen molar-refractivity contribution in [3.05, 3.63) is 47.8 Å². The molecule has 2 rings (SSSR count). The van der Waals surface area contributed by atoms with Crippen LogP contribution in [0.15, 0.2) is 36.4 Å². The van der Waals surface area contributed by atoms with E-state index in [0.717, 1.165) is 5.56 Å². The van der Waals surface area contributed by atoms with E-state index in [0.29, 0.717) is 29.5 Å². The summed E-state index contributed by atoms with van der Waals surface area (Å²) in [5.41, 5.74) is 0.735. The van der Waals surface area contributed by atoms with Gasteiger partial charge >= 0.3 is 0 Å². The Bertz CT molecular complexity index is 594. The van der Waals surface area contributed by atoms with Crippen LogP contribution in [0.5, 0.6) is 23.0 Å². The van der Waals surface area contributed by atoms with Gasteiger partial charge in [0.05, 0.1) is 14.2 Å². The molecule has 0 atom stereocenters. The van der Waals surface area contributed by atoms with Crippen LogP contribution < -0.4 is 19.5 Å². The zero-order valence-electron chi connectivity index (χ0n) is 12.3. The largest absolute Gasteiger partial charge is 0.496 e. The zero-order chi connectivity index (χ0) is 15.2. The highest BCUT2D eigenvalue weighted by atomic mass is 19.1. The van der Waals surface area contributed by atoms with E-state index >= 15 is 0 Å². The van der Waals surface area contributed by atoms with Crippen molar-refractivity contribution in [2.75, 3.05) is 21.3 Å². The predicted octanol–water partition coefficient (Wildman–Crippen LogP) is 3.35. The summed E-state index contributed by atoms with van der Waals surface area (Å²) in [6.45, 7) is 0.508. The van der Waals surface area contributed by atoms with Crippen LogP contribution in [-0.2, 0) is 6.54 Å². The van der Waals surface area contributed by atoms with Crippen molar-refractivity contribution in [2.24, 2.45) is 0 Å². The molecule has 0 amide bonds. The number of hydrogen-bond acceptors (Lipinski definition) is 4. The Kier molecular flexibility index (Phi) is 5.00. The third-order valence-corrected chi connectivity index (χ3v) is 2.94. The average Bonchev–Trinajstić information content (AvgIpc) is 2.50. The van der Waals surface area contributed by atoms with Gasteiger partial charge in [-0.25, -0.2) is 4.39 Å². The number of rotatable bonds is 6. The van der Waals surface area contributed by atoms with Crippen LogP contribution in [0.1, 0.15) is 5.56 Å². The van der Waals surface area contributed by atoms with E-state index in [2.05, 4.69) is 5.32 Å². The van der Waals surface area contributed by atoms with E-state index in [1.807, 2.05) is 0 Å². The number of benzene rings is 2. The summed E-state index contributed by atoms with van der Waals surface area (Å²) in [5.74, 6) is 2.11. The molecule has 0 unspecified atom stereocenters. The van der Waals surface area contributed by atoms with Crippen molar-refractivity contribution in [1.82, 2.24) is 5.32 Å². The first kappa shape index (κ1) is 15.1. The third kappa shape index (κ3) is 3.86. The second-order valence-electron chi connectivity index (χ2n) is 4.43. The minimum absolute atomic E-state index is 0.296. The fraction of sp³-hybridized carbons (Fsp3) is 0.250. The Morgan fingerprint density at radius 1 is 0.952 bits per heavy atom. The van der Waals surface area contributed by atoms with Crippen LogP contribution in [0.3, 0.4) is 0 Å². The van der Waals surface area contributed by atoms with Gasteiger partial charge in [-0.15, -0.1) is 0 Å². The summed E-state index contributed by atoms with van der Waals surface area (Å²) >= 11 is 0. The summed E-state index contributed by atoms with van der Waals surface area (Å²) in [6.07, 6.45) is 0. The summed E-state index contributed by atoms with van der Waals surface area (Å²) in [6, 6.07) is 9.67. The number of nitrogens with one attached hydrogen (secondary N) is 1. The molecule has 112 valence electrons. The van der Waals surface area contributed by atoms with Crippen LogP contribution in [0, 0.1) is 5.82 Å². The Labute approximate surface area is 123 Å². The number of hydrogen-bond donors (Lipinski definition) is 1. The van der Waals surface area contributed by atoms with E-state index < -0.39 is 0 Å². The lowest BCUT2D eigenvalue weighted by atomic mass is 10.2. The lowest BCUT2D eigenvalue weighted by molar-refractivity contribution is 0.386. The van der Waals surface area contributed by atoms with Gasteiger partial charge in [-0.2, -0.15) is 0 Å². The van der Waals surface area contributed by atoms with E-state index in [9.17, 15) is 4.39 Å². The summed E-state index contributed by atoms with van der Waals surface area (Å²) < 4.78 is 29.6. The Balaban J connectivity index is 2.33. The fourth-order valence-corrected chi connectivity index (χ4v) is 1.94. The van der Waals surface area contributed by atoms with Crippen LogP contribution in [0.2, 0.25) is 0 Å². The molecule has 0 fully saturated rings. The molecule has 0 heterocycles.